The molecule has 0 unspecified atom stereocenters. The molecule has 0 radical (unpaired) electrons. The number of carbonyl (C=O) groups excluding carboxylic acids is 1. The van der Waals surface area contributed by atoms with Gasteiger partial charge in [-0.05, 0) is 85.9 Å². The van der Waals surface area contributed by atoms with E-state index in [0.29, 0.717) is 12.0 Å². The number of hydrogen-bond donors (Lipinski definition) is 1. The minimum Gasteiger partial charge on any atom is -0.349 e. The van der Waals surface area contributed by atoms with Gasteiger partial charge in [-0.3, -0.25) is 4.79 Å². The molecule has 2 atom stereocenters. The molecule has 0 bridgehead atoms. The van der Waals surface area contributed by atoms with E-state index in [-0.39, 0.29) is 5.91 Å². The Morgan fingerprint density at radius 1 is 0.903 bits per heavy atom. The van der Waals surface area contributed by atoms with Gasteiger partial charge in [0.2, 0.25) is 0 Å². The number of benzene rings is 2. The van der Waals surface area contributed by atoms with Crippen LogP contribution in [0, 0.1) is 5.92 Å². The van der Waals surface area contributed by atoms with E-state index in [2.05, 4.69) is 65.3 Å². The summed E-state index contributed by atoms with van der Waals surface area (Å²) in [6.07, 6.45) is 9.59. The van der Waals surface area contributed by atoms with Crippen LogP contribution in [0.15, 0.2) is 60.7 Å². The minimum absolute atomic E-state index is 0.0584. The predicted molar refractivity (Wildman–Crippen MR) is 127 cm³/mol. The van der Waals surface area contributed by atoms with Gasteiger partial charge in [0.25, 0.3) is 5.91 Å². The van der Waals surface area contributed by atoms with Crippen LogP contribution in [0.25, 0.3) is 16.9 Å². The zero-order chi connectivity index (χ0) is 21.2. The van der Waals surface area contributed by atoms with E-state index in [1.54, 1.807) is 0 Å². The lowest BCUT2D eigenvalue weighted by molar-refractivity contribution is 0.0910. The van der Waals surface area contributed by atoms with Crippen molar-refractivity contribution in [2.45, 2.75) is 64.3 Å². The molecule has 2 aromatic carbocycles. The molecule has 1 saturated carbocycles. The second-order valence-electron chi connectivity index (χ2n) is 9.30. The largest absolute Gasteiger partial charge is 0.349 e. The van der Waals surface area contributed by atoms with Gasteiger partial charge < -0.3 is 9.88 Å². The fraction of sp³-hybridized carbons (Fsp3) is 0.393. The highest BCUT2D eigenvalue weighted by atomic mass is 16.1. The van der Waals surface area contributed by atoms with Crippen LogP contribution in [0.2, 0.25) is 0 Å². The van der Waals surface area contributed by atoms with Gasteiger partial charge in [0, 0.05) is 23.0 Å². The Bertz CT molecular complexity index is 1050. The average molecular weight is 413 g/mol. The standard InChI is InChI=1S/C28H32N2O/c1-20-9-5-7-13-25(20)29-28(31)22-15-17-24(18-16-22)30-26-14-8-6-12-23(26)19-27(30)21-10-3-2-4-11-21/h2-4,10-11,15-20,25H,5-9,12-14H2,1H3,(H,29,31)/t20-,25+/m1/s1. The highest BCUT2D eigenvalue weighted by Crippen LogP contribution is 2.34. The fourth-order valence-electron chi connectivity index (χ4n) is 5.36. The second kappa shape index (κ2) is 8.74. The maximum Gasteiger partial charge on any atom is 0.251 e. The Hall–Kier alpha value is -2.81. The Morgan fingerprint density at radius 2 is 1.65 bits per heavy atom. The summed E-state index contributed by atoms with van der Waals surface area (Å²) >= 11 is 0. The van der Waals surface area contributed by atoms with E-state index in [0.717, 1.165) is 30.5 Å². The Balaban J connectivity index is 1.44. The molecule has 0 aliphatic heterocycles. The normalized spacial score (nSPS) is 20.8. The minimum atomic E-state index is 0.0584. The number of nitrogens with one attached hydrogen (secondary N) is 1. The van der Waals surface area contributed by atoms with Crippen molar-refractivity contribution in [2.24, 2.45) is 5.92 Å². The van der Waals surface area contributed by atoms with Crippen molar-refractivity contribution >= 4 is 5.91 Å². The van der Waals surface area contributed by atoms with Crippen LogP contribution >= 0.6 is 0 Å². The first-order chi connectivity index (χ1) is 15.2. The molecule has 1 N–H and O–H groups in total. The summed E-state index contributed by atoms with van der Waals surface area (Å²) in [5.41, 5.74) is 7.29. The molecule has 1 heterocycles. The predicted octanol–water partition coefficient (Wildman–Crippen LogP) is 6.33. The number of nitrogens with zero attached hydrogens (tertiary/aromatic N) is 1. The van der Waals surface area contributed by atoms with Crippen molar-refractivity contribution in [1.29, 1.82) is 0 Å². The van der Waals surface area contributed by atoms with Gasteiger partial charge in [-0.1, -0.05) is 50.1 Å². The summed E-state index contributed by atoms with van der Waals surface area (Å²) < 4.78 is 2.41. The third-order valence-electron chi connectivity index (χ3n) is 7.19. The highest BCUT2D eigenvalue weighted by Gasteiger charge is 2.24. The summed E-state index contributed by atoms with van der Waals surface area (Å²) in [5.74, 6) is 0.625. The first-order valence-corrected chi connectivity index (χ1v) is 11.9. The van der Waals surface area contributed by atoms with E-state index < -0.39 is 0 Å². The molecule has 2 aliphatic carbocycles. The molecular formula is C28H32N2O. The lowest BCUT2D eigenvalue weighted by Gasteiger charge is -2.29. The van der Waals surface area contributed by atoms with Crippen LogP contribution in [0.5, 0.6) is 0 Å². The smallest absolute Gasteiger partial charge is 0.251 e. The van der Waals surface area contributed by atoms with Gasteiger partial charge >= 0.3 is 0 Å². The molecule has 3 aromatic rings. The van der Waals surface area contributed by atoms with Crippen molar-refractivity contribution in [3.63, 3.8) is 0 Å². The maximum atomic E-state index is 12.9. The number of fused-ring (bicyclic) bond motifs is 1. The fourth-order valence-corrected chi connectivity index (χ4v) is 5.36. The van der Waals surface area contributed by atoms with E-state index >= 15 is 0 Å². The van der Waals surface area contributed by atoms with Crippen molar-refractivity contribution in [3.8, 4) is 16.9 Å². The number of amides is 1. The molecule has 3 nitrogen and oxygen atoms in total. The topological polar surface area (TPSA) is 34.0 Å². The average Bonchev–Trinajstić information content (AvgIpc) is 3.21. The van der Waals surface area contributed by atoms with Gasteiger partial charge in [-0.2, -0.15) is 0 Å². The molecule has 0 saturated heterocycles. The van der Waals surface area contributed by atoms with Crippen LogP contribution in [-0.2, 0) is 12.8 Å². The third kappa shape index (κ3) is 4.06. The first kappa shape index (κ1) is 20.1. The van der Waals surface area contributed by atoms with Crippen LogP contribution in [0.4, 0.5) is 0 Å². The van der Waals surface area contributed by atoms with E-state index in [4.69, 9.17) is 0 Å². The summed E-state index contributed by atoms with van der Waals surface area (Å²) in [6.45, 7) is 2.26. The monoisotopic (exact) mass is 412 g/mol. The molecule has 31 heavy (non-hydrogen) atoms. The van der Waals surface area contributed by atoms with Crippen molar-refractivity contribution < 1.29 is 4.79 Å². The Morgan fingerprint density at radius 3 is 2.42 bits per heavy atom. The third-order valence-corrected chi connectivity index (χ3v) is 7.19. The maximum absolute atomic E-state index is 12.9. The van der Waals surface area contributed by atoms with Gasteiger partial charge in [-0.15, -0.1) is 0 Å². The molecule has 1 fully saturated rings. The summed E-state index contributed by atoms with van der Waals surface area (Å²) in [4.78, 5) is 12.9. The number of aryl methyl sites for hydroxylation is 1. The van der Waals surface area contributed by atoms with Crippen LogP contribution in [-0.4, -0.2) is 16.5 Å². The zero-order valence-corrected chi connectivity index (χ0v) is 18.4. The quantitative estimate of drug-likeness (QED) is 0.534. The summed E-state index contributed by atoms with van der Waals surface area (Å²) in [6, 6.07) is 21.5. The number of hydrogen-bond acceptors (Lipinski definition) is 1. The number of carbonyl (C=O) groups is 1. The molecule has 1 aromatic heterocycles. The molecular weight excluding hydrogens is 380 g/mol. The van der Waals surface area contributed by atoms with Crippen molar-refractivity contribution in [2.75, 3.05) is 0 Å². The van der Waals surface area contributed by atoms with Gasteiger partial charge in [0.05, 0.1) is 5.69 Å². The first-order valence-electron chi connectivity index (χ1n) is 11.9. The molecule has 5 rings (SSSR count). The summed E-state index contributed by atoms with van der Waals surface area (Å²) in [5, 5.41) is 3.28. The molecule has 0 spiro atoms. The van der Waals surface area contributed by atoms with Gasteiger partial charge in [-0.25, -0.2) is 0 Å². The molecule has 3 heteroatoms. The Kier molecular flexibility index (Phi) is 5.67. The lowest BCUT2D eigenvalue weighted by atomic mass is 9.86. The van der Waals surface area contributed by atoms with Gasteiger partial charge in [0.1, 0.15) is 0 Å². The number of aromatic nitrogens is 1. The Labute approximate surface area is 185 Å². The second-order valence-corrected chi connectivity index (χ2v) is 9.30. The highest BCUT2D eigenvalue weighted by molar-refractivity contribution is 5.94. The van der Waals surface area contributed by atoms with E-state index in [9.17, 15) is 4.79 Å². The molecule has 1 amide bonds. The summed E-state index contributed by atoms with van der Waals surface area (Å²) in [7, 11) is 0. The van der Waals surface area contributed by atoms with Gasteiger partial charge in [0.15, 0.2) is 0 Å². The molecule has 160 valence electrons. The van der Waals surface area contributed by atoms with Crippen molar-refractivity contribution in [1.82, 2.24) is 9.88 Å². The number of rotatable bonds is 4. The van der Waals surface area contributed by atoms with Crippen LogP contribution in [0.1, 0.15) is 67.1 Å². The van der Waals surface area contributed by atoms with E-state index in [1.165, 1.54) is 54.6 Å². The molecule has 2 aliphatic rings. The van der Waals surface area contributed by atoms with E-state index in [1.807, 2.05) is 12.1 Å². The zero-order valence-electron chi connectivity index (χ0n) is 18.4. The van der Waals surface area contributed by atoms with Crippen LogP contribution in [0.3, 0.4) is 0 Å². The van der Waals surface area contributed by atoms with Crippen molar-refractivity contribution in [3.05, 3.63) is 77.5 Å². The lowest BCUT2D eigenvalue weighted by Crippen LogP contribution is -2.41. The van der Waals surface area contributed by atoms with Crippen LogP contribution < -0.4 is 5.32 Å². The SMILES string of the molecule is C[C@@H]1CCCC[C@@H]1NC(=O)c1ccc(-n2c(-c3ccccc3)cc3c2CCCC3)cc1.